The minimum atomic E-state index is -0.491. The molecule has 198 valence electrons. The van der Waals surface area contributed by atoms with Gasteiger partial charge in [-0.1, -0.05) is 6.07 Å². The lowest BCUT2D eigenvalue weighted by Crippen LogP contribution is -2.50. The van der Waals surface area contributed by atoms with Crippen molar-refractivity contribution >= 4 is 12.0 Å². The third kappa shape index (κ3) is 3.99. The van der Waals surface area contributed by atoms with Gasteiger partial charge in [0.25, 0.3) is 0 Å². The predicted molar refractivity (Wildman–Crippen MR) is 142 cm³/mol. The monoisotopic (exact) mass is 505 g/mol. The van der Waals surface area contributed by atoms with Crippen molar-refractivity contribution in [2.45, 2.75) is 57.5 Å². The van der Waals surface area contributed by atoms with Gasteiger partial charge in [-0.25, -0.2) is 9.78 Å². The van der Waals surface area contributed by atoms with Crippen LogP contribution in [0.5, 0.6) is 5.75 Å². The zero-order chi connectivity index (χ0) is 25.2. The van der Waals surface area contributed by atoms with E-state index in [0.29, 0.717) is 31.0 Å². The van der Waals surface area contributed by atoms with Gasteiger partial charge in [0.15, 0.2) is 5.60 Å². The van der Waals surface area contributed by atoms with Crippen LogP contribution in [-0.2, 0) is 17.4 Å². The largest absolute Gasteiger partial charge is 0.480 e. The minimum Gasteiger partial charge on any atom is -0.480 e. The fraction of sp³-hybridized carbons (Fsp3) is 0.655. The number of fused-ring (bicyclic) bond motifs is 4. The molecule has 2 aromatic rings. The molecule has 37 heavy (non-hydrogen) atoms. The van der Waals surface area contributed by atoms with E-state index in [9.17, 15) is 4.79 Å². The predicted octanol–water partition coefficient (Wildman–Crippen LogP) is 4.21. The lowest BCUT2D eigenvalue weighted by molar-refractivity contribution is -0.0109. The molecule has 1 amide bonds. The molecule has 5 aliphatic rings. The Kier molecular flexibility index (Phi) is 5.47. The standard InChI is InChI=1S/C29H39N5O3/c1-20-3-6-22-23(17-20)37-29(10-15-33(16-11-29)27(35)36-18-21-4-5-21)25-24(22)31-26(32(25)2)34-14-9-28(19-34)7-12-30-13-8-28/h3,6,17,21,30H,4-5,7-16,18-19H2,1-2H3. The number of rotatable bonds is 3. The SMILES string of the molecule is Cc1ccc2c(c1)OC1(CCN(C(=O)OCC3CC3)CC1)c1c-2nc(N2CCC3(CCNCC3)C2)n1C. The summed E-state index contributed by atoms with van der Waals surface area (Å²) in [6.07, 6.45) is 7.39. The molecule has 1 N–H and O–H groups in total. The molecule has 1 aliphatic carbocycles. The molecule has 1 aromatic heterocycles. The molecule has 8 nitrogen and oxygen atoms in total. The fourth-order valence-electron chi connectivity index (χ4n) is 7.07. The van der Waals surface area contributed by atoms with E-state index in [1.807, 2.05) is 4.90 Å². The summed E-state index contributed by atoms with van der Waals surface area (Å²) in [7, 11) is 2.16. The van der Waals surface area contributed by atoms with E-state index in [1.54, 1.807) is 0 Å². The molecule has 0 radical (unpaired) electrons. The molecular weight excluding hydrogens is 466 g/mol. The van der Waals surface area contributed by atoms with Crippen molar-refractivity contribution in [2.75, 3.05) is 50.8 Å². The molecule has 0 bridgehead atoms. The number of nitrogens with zero attached hydrogens (tertiary/aromatic N) is 4. The molecule has 0 atom stereocenters. The van der Waals surface area contributed by atoms with E-state index in [1.165, 1.54) is 37.7 Å². The van der Waals surface area contributed by atoms with Crippen molar-refractivity contribution < 1.29 is 14.3 Å². The first-order valence-electron chi connectivity index (χ1n) is 14.2. The first kappa shape index (κ1) is 23.4. The molecule has 1 saturated carbocycles. The van der Waals surface area contributed by atoms with Crippen molar-refractivity contribution in [3.8, 4) is 17.0 Å². The number of amides is 1. The quantitative estimate of drug-likeness (QED) is 0.674. The van der Waals surface area contributed by atoms with Crippen molar-refractivity contribution in [2.24, 2.45) is 18.4 Å². The normalized spacial score (nSPS) is 23.6. The first-order chi connectivity index (χ1) is 18.0. The van der Waals surface area contributed by atoms with Gasteiger partial charge in [0.05, 0.1) is 12.3 Å². The number of piperidine rings is 2. The second kappa shape index (κ2) is 8.65. The highest BCUT2D eigenvalue weighted by atomic mass is 16.6. The van der Waals surface area contributed by atoms with Crippen LogP contribution in [0.15, 0.2) is 18.2 Å². The number of aromatic nitrogens is 2. The Hall–Kier alpha value is -2.74. The van der Waals surface area contributed by atoms with Crippen molar-refractivity contribution in [3.63, 3.8) is 0 Å². The van der Waals surface area contributed by atoms with Gasteiger partial charge in [-0.3, -0.25) is 0 Å². The summed E-state index contributed by atoms with van der Waals surface area (Å²) in [5.41, 5.74) is 4.39. The summed E-state index contributed by atoms with van der Waals surface area (Å²) in [6, 6.07) is 6.46. The van der Waals surface area contributed by atoms with Crippen LogP contribution < -0.4 is 15.0 Å². The van der Waals surface area contributed by atoms with Crippen LogP contribution in [0.1, 0.15) is 56.2 Å². The number of carbonyl (C=O) groups excluding carboxylic acids is 1. The number of carbonyl (C=O) groups is 1. The van der Waals surface area contributed by atoms with Crippen LogP contribution >= 0.6 is 0 Å². The molecular formula is C29H39N5O3. The van der Waals surface area contributed by atoms with Crippen molar-refractivity contribution in [3.05, 3.63) is 29.5 Å². The summed E-state index contributed by atoms with van der Waals surface area (Å²) < 4.78 is 14.8. The zero-order valence-electron chi connectivity index (χ0n) is 22.2. The number of ether oxygens (including phenoxy) is 2. The molecule has 0 unspecified atom stereocenters. The first-order valence-corrected chi connectivity index (χ1v) is 14.2. The van der Waals surface area contributed by atoms with E-state index >= 15 is 0 Å². The molecule has 4 aliphatic heterocycles. The van der Waals surface area contributed by atoms with Gasteiger partial charge >= 0.3 is 6.09 Å². The number of benzene rings is 1. The highest BCUT2D eigenvalue weighted by molar-refractivity contribution is 5.75. The maximum atomic E-state index is 12.7. The molecule has 7 rings (SSSR count). The number of aryl methyl sites for hydroxylation is 1. The number of likely N-dealkylation sites (tertiary alicyclic amines) is 1. The Morgan fingerprint density at radius 3 is 2.68 bits per heavy atom. The Labute approximate surface area is 219 Å². The van der Waals surface area contributed by atoms with Crippen molar-refractivity contribution in [1.82, 2.24) is 19.8 Å². The zero-order valence-corrected chi connectivity index (χ0v) is 22.2. The maximum absolute atomic E-state index is 12.7. The number of imidazole rings is 1. The summed E-state index contributed by atoms with van der Waals surface area (Å²) in [5, 5.41) is 3.53. The van der Waals surface area contributed by atoms with E-state index < -0.39 is 5.60 Å². The highest BCUT2D eigenvalue weighted by Gasteiger charge is 2.49. The number of anilines is 1. The van der Waals surface area contributed by atoms with E-state index in [0.717, 1.165) is 67.7 Å². The van der Waals surface area contributed by atoms with Gasteiger partial charge in [-0.2, -0.15) is 0 Å². The van der Waals surface area contributed by atoms with Gasteiger partial charge in [0.1, 0.15) is 11.4 Å². The summed E-state index contributed by atoms with van der Waals surface area (Å²) in [4.78, 5) is 22.4. The van der Waals surface area contributed by atoms with Crippen LogP contribution in [-0.4, -0.2) is 66.4 Å². The Morgan fingerprint density at radius 2 is 1.92 bits per heavy atom. The second-order valence-corrected chi connectivity index (χ2v) is 12.2. The van der Waals surface area contributed by atoms with E-state index in [2.05, 4.69) is 47.0 Å². The summed E-state index contributed by atoms with van der Waals surface area (Å²) in [6.45, 7) is 8.30. The van der Waals surface area contributed by atoms with E-state index in [-0.39, 0.29) is 6.09 Å². The Bertz CT molecular complexity index is 1200. The Morgan fingerprint density at radius 1 is 1.14 bits per heavy atom. The third-order valence-electron chi connectivity index (χ3n) is 9.55. The van der Waals surface area contributed by atoms with E-state index in [4.69, 9.17) is 14.5 Å². The topological polar surface area (TPSA) is 71.9 Å². The fourth-order valence-corrected chi connectivity index (χ4v) is 7.07. The van der Waals surface area contributed by atoms with Crippen LogP contribution in [0.3, 0.4) is 0 Å². The number of hydrogen-bond acceptors (Lipinski definition) is 6. The van der Waals surface area contributed by atoms with Gasteiger partial charge in [-0.05, 0) is 81.1 Å². The number of hydrogen-bond donors (Lipinski definition) is 1. The van der Waals surface area contributed by atoms with Gasteiger partial charge in [0, 0.05) is 51.6 Å². The second-order valence-electron chi connectivity index (χ2n) is 12.2. The molecule has 4 fully saturated rings. The van der Waals surface area contributed by atoms with Gasteiger partial charge < -0.3 is 29.2 Å². The lowest BCUT2D eigenvalue weighted by Gasteiger charge is -2.44. The molecule has 1 aromatic carbocycles. The maximum Gasteiger partial charge on any atom is 0.409 e. The smallest absolute Gasteiger partial charge is 0.409 e. The van der Waals surface area contributed by atoms with Gasteiger partial charge in [-0.15, -0.1) is 0 Å². The van der Waals surface area contributed by atoms with Crippen molar-refractivity contribution in [1.29, 1.82) is 0 Å². The highest BCUT2D eigenvalue weighted by Crippen LogP contribution is 2.51. The number of nitrogens with one attached hydrogen (secondary N) is 1. The van der Waals surface area contributed by atoms with Crippen LogP contribution in [0.4, 0.5) is 10.7 Å². The summed E-state index contributed by atoms with van der Waals surface area (Å²) in [5.74, 6) is 2.55. The lowest BCUT2D eigenvalue weighted by atomic mass is 9.78. The minimum absolute atomic E-state index is 0.177. The molecule has 2 spiro atoms. The Balaban J connectivity index is 1.20. The molecule has 8 heteroatoms. The van der Waals surface area contributed by atoms with Crippen LogP contribution in [0.2, 0.25) is 0 Å². The average molecular weight is 506 g/mol. The molecule has 5 heterocycles. The van der Waals surface area contributed by atoms with Crippen LogP contribution in [0, 0.1) is 18.3 Å². The van der Waals surface area contributed by atoms with Crippen LogP contribution in [0.25, 0.3) is 11.3 Å². The summed E-state index contributed by atoms with van der Waals surface area (Å²) >= 11 is 0. The molecule has 3 saturated heterocycles. The average Bonchev–Trinajstić information content (AvgIpc) is 3.55. The third-order valence-corrected chi connectivity index (χ3v) is 9.55. The van der Waals surface area contributed by atoms with Gasteiger partial charge in [0.2, 0.25) is 5.95 Å².